The van der Waals surface area contributed by atoms with Crippen molar-refractivity contribution in [3.8, 4) is 0 Å². The Morgan fingerprint density at radius 3 is 2.54 bits per heavy atom. The van der Waals surface area contributed by atoms with Crippen LogP contribution in [0.4, 0.5) is 0 Å². The quantitative estimate of drug-likeness (QED) is 0.771. The summed E-state index contributed by atoms with van der Waals surface area (Å²) < 4.78 is 5.37. The molecule has 0 aliphatic heterocycles. The van der Waals surface area contributed by atoms with Gasteiger partial charge in [-0.25, -0.2) is 0 Å². The van der Waals surface area contributed by atoms with Crippen molar-refractivity contribution >= 4 is 0 Å². The fourth-order valence-electron chi connectivity index (χ4n) is 0.976. The van der Waals surface area contributed by atoms with Gasteiger partial charge in [-0.15, -0.1) is 10.2 Å². The molecule has 0 saturated heterocycles. The van der Waals surface area contributed by atoms with Crippen molar-refractivity contribution in [2.45, 2.75) is 39.7 Å². The predicted molar refractivity (Wildman–Crippen MR) is 50.1 cm³/mol. The Bertz CT molecular complexity index is 257. The molecule has 0 spiro atoms. The second-order valence-corrected chi connectivity index (χ2v) is 3.54. The van der Waals surface area contributed by atoms with Gasteiger partial charge in [-0.3, -0.25) is 0 Å². The molecule has 1 aromatic rings. The molecule has 1 rings (SSSR count). The highest BCUT2D eigenvalue weighted by atomic mass is 16.4. The van der Waals surface area contributed by atoms with E-state index >= 15 is 0 Å². The molecule has 0 amide bonds. The monoisotopic (exact) mass is 183 g/mol. The van der Waals surface area contributed by atoms with Crippen molar-refractivity contribution in [1.82, 2.24) is 10.2 Å². The number of nitrogens with two attached hydrogens (primary N) is 1. The molecule has 0 bridgehead atoms. The zero-order chi connectivity index (χ0) is 9.84. The highest BCUT2D eigenvalue weighted by Gasteiger charge is 2.11. The third-order valence-electron chi connectivity index (χ3n) is 2.09. The van der Waals surface area contributed by atoms with E-state index in [2.05, 4.69) is 24.0 Å². The van der Waals surface area contributed by atoms with Crippen LogP contribution in [0.3, 0.4) is 0 Å². The van der Waals surface area contributed by atoms with Gasteiger partial charge in [0.2, 0.25) is 11.8 Å². The van der Waals surface area contributed by atoms with Gasteiger partial charge in [-0.05, 0) is 12.8 Å². The maximum atomic E-state index is 5.59. The molecular weight excluding hydrogens is 166 g/mol. The molecule has 4 heteroatoms. The Morgan fingerprint density at radius 1 is 1.38 bits per heavy atom. The molecule has 2 N–H and O–H groups in total. The van der Waals surface area contributed by atoms with Crippen molar-refractivity contribution in [3.63, 3.8) is 0 Å². The van der Waals surface area contributed by atoms with Gasteiger partial charge >= 0.3 is 0 Å². The van der Waals surface area contributed by atoms with E-state index in [9.17, 15) is 0 Å². The first-order chi connectivity index (χ1) is 6.13. The van der Waals surface area contributed by atoms with Crippen LogP contribution in [0.5, 0.6) is 0 Å². The Balaban J connectivity index is 2.58. The molecule has 13 heavy (non-hydrogen) atoms. The molecule has 1 aromatic heterocycles. The summed E-state index contributed by atoms with van der Waals surface area (Å²) in [7, 11) is 0. The molecule has 0 radical (unpaired) electrons. The van der Waals surface area contributed by atoms with Gasteiger partial charge < -0.3 is 10.2 Å². The summed E-state index contributed by atoms with van der Waals surface area (Å²) >= 11 is 0. The van der Waals surface area contributed by atoms with E-state index < -0.39 is 0 Å². The van der Waals surface area contributed by atoms with Crippen LogP contribution in [0.15, 0.2) is 4.42 Å². The maximum Gasteiger partial charge on any atom is 0.232 e. The average molecular weight is 183 g/mol. The van der Waals surface area contributed by atoms with Crippen molar-refractivity contribution < 1.29 is 4.42 Å². The fourth-order valence-corrected chi connectivity index (χ4v) is 0.976. The molecule has 1 heterocycles. The summed E-state index contributed by atoms with van der Waals surface area (Å²) in [6, 6.07) is -0.168. The molecule has 2 unspecified atom stereocenters. The fraction of sp³-hybridized carbons (Fsp3) is 0.778. The van der Waals surface area contributed by atoms with E-state index in [4.69, 9.17) is 10.2 Å². The normalized spacial score (nSPS) is 15.7. The lowest BCUT2D eigenvalue weighted by molar-refractivity contribution is 0.397. The zero-order valence-corrected chi connectivity index (χ0v) is 8.45. The van der Waals surface area contributed by atoms with Crippen molar-refractivity contribution in [2.75, 3.05) is 0 Å². The van der Waals surface area contributed by atoms with Gasteiger partial charge in [-0.2, -0.15) is 0 Å². The van der Waals surface area contributed by atoms with E-state index in [0.29, 0.717) is 17.7 Å². The lowest BCUT2D eigenvalue weighted by Gasteiger charge is -2.02. The number of hydrogen-bond donors (Lipinski definition) is 1. The maximum absolute atomic E-state index is 5.59. The molecule has 0 aliphatic carbocycles. The van der Waals surface area contributed by atoms with Gasteiger partial charge in [0.05, 0.1) is 6.04 Å². The summed E-state index contributed by atoms with van der Waals surface area (Å²) in [5.74, 6) is 1.81. The van der Waals surface area contributed by atoms with Gasteiger partial charge in [0.1, 0.15) is 0 Å². The van der Waals surface area contributed by atoms with Crippen LogP contribution in [0.2, 0.25) is 0 Å². The first-order valence-electron chi connectivity index (χ1n) is 4.71. The van der Waals surface area contributed by atoms with Crippen LogP contribution in [-0.4, -0.2) is 10.2 Å². The molecule has 0 aromatic carbocycles. The first-order valence-corrected chi connectivity index (χ1v) is 4.71. The summed E-state index contributed by atoms with van der Waals surface area (Å²) in [4.78, 5) is 0. The van der Waals surface area contributed by atoms with E-state index in [1.807, 2.05) is 6.92 Å². The van der Waals surface area contributed by atoms with Gasteiger partial charge in [-0.1, -0.05) is 20.3 Å². The molecule has 0 saturated carbocycles. The molecule has 0 aliphatic rings. The lowest BCUT2D eigenvalue weighted by Crippen LogP contribution is -2.04. The predicted octanol–water partition coefficient (Wildman–Crippen LogP) is 1.68. The third kappa shape index (κ3) is 2.81. The van der Waals surface area contributed by atoms with Crippen LogP contribution in [0.1, 0.15) is 45.0 Å². The summed E-state index contributed by atoms with van der Waals surface area (Å²) in [5, 5.41) is 7.79. The molecular formula is C9H17N3O. The number of aromatic nitrogens is 2. The summed E-state index contributed by atoms with van der Waals surface area (Å²) in [6.45, 7) is 6.14. The van der Waals surface area contributed by atoms with E-state index in [1.54, 1.807) is 0 Å². The zero-order valence-electron chi connectivity index (χ0n) is 8.45. The minimum absolute atomic E-state index is 0.168. The topological polar surface area (TPSA) is 64.9 Å². The third-order valence-corrected chi connectivity index (χ3v) is 2.09. The summed E-state index contributed by atoms with van der Waals surface area (Å²) in [6.07, 6.45) is 1.96. The van der Waals surface area contributed by atoms with Gasteiger partial charge in [0.25, 0.3) is 0 Å². The van der Waals surface area contributed by atoms with Gasteiger partial charge in [0, 0.05) is 6.42 Å². The second kappa shape index (κ2) is 4.37. The standard InChI is InChI=1S/C9H17N3O/c1-4-6(2)5-8-11-12-9(13-8)7(3)10/h6-7H,4-5,10H2,1-3H3. The van der Waals surface area contributed by atoms with Gasteiger partial charge in [0.15, 0.2) is 0 Å². The Labute approximate surface area is 78.5 Å². The van der Waals surface area contributed by atoms with Crippen molar-refractivity contribution in [2.24, 2.45) is 11.7 Å². The molecule has 4 nitrogen and oxygen atoms in total. The highest BCUT2D eigenvalue weighted by Crippen LogP contribution is 2.12. The Kier molecular flexibility index (Phi) is 3.42. The van der Waals surface area contributed by atoms with Crippen LogP contribution < -0.4 is 5.73 Å². The first kappa shape index (κ1) is 10.2. The van der Waals surface area contributed by atoms with E-state index in [0.717, 1.165) is 12.8 Å². The minimum atomic E-state index is -0.168. The largest absolute Gasteiger partial charge is 0.424 e. The number of rotatable bonds is 4. The summed E-state index contributed by atoms with van der Waals surface area (Å²) in [5.41, 5.74) is 5.59. The smallest absolute Gasteiger partial charge is 0.232 e. The Hall–Kier alpha value is -0.900. The molecule has 0 fully saturated rings. The van der Waals surface area contributed by atoms with E-state index in [-0.39, 0.29) is 6.04 Å². The Morgan fingerprint density at radius 2 is 2.08 bits per heavy atom. The number of hydrogen-bond acceptors (Lipinski definition) is 4. The van der Waals surface area contributed by atoms with Crippen molar-refractivity contribution in [1.29, 1.82) is 0 Å². The second-order valence-electron chi connectivity index (χ2n) is 3.54. The number of nitrogens with zero attached hydrogens (tertiary/aromatic N) is 2. The highest BCUT2D eigenvalue weighted by molar-refractivity contribution is 4.87. The van der Waals surface area contributed by atoms with Crippen LogP contribution in [-0.2, 0) is 6.42 Å². The molecule has 74 valence electrons. The van der Waals surface area contributed by atoms with Crippen molar-refractivity contribution in [3.05, 3.63) is 11.8 Å². The van der Waals surface area contributed by atoms with Crippen LogP contribution >= 0.6 is 0 Å². The SMILES string of the molecule is CCC(C)Cc1nnc(C(C)N)o1. The van der Waals surface area contributed by atoms with Crippen LogP contribution in [0.25, 0.3) is 0 Å². The lowest BCUT2D eigenvalue weighted by atomic mass is 10.1. The molecule has 2 atom stereocenters. The minimum Gasteiger partial charge on any atom is -0.424 e. The van der Waals surface area contributed by atoms with Crippen LogP contribution in [0, 0.1) is 5.92 Å². The average Bonchev–Trinajstić information content (AvgIpc) is 2.52. The van der Waals surface area contributed by atoms with E-state index in [1.165, 1.54) is 0 Å².